The van der Waals surface area contributed by atoms with Gasteiger partial charge < -0.3 is 13.9 Å². The lowest BCUT2D eigenvalue weighted by Crippen LogP contribution is -2.57. The average Bonchev–Trinajstić information content (AvgIpc) is 2.70. The minimum absolute atomic E-state index is 0.233. The molecule has 6 heteroatoms. The van der Waals surface area contributed by atoms with E-state index >= 15 is 0 Å². The Hall–Kier alpha value is -1.56. The van der Waals surface area contributed by atoms with Gasteiger partial charge in [0, 0.05) is 11.3 Å². The molecule has 2 aliphatic rings. The Morgan fingerprint density at radius 2 is 1.50 bits per heavy atom. The van der Waals surface area contributed by atoms with Crippen molar-refractivity contribution < 1.29 is 23.5 Å². The van der Waals surface area contributed by atoms with Gasteiger partial charge in [-0.25, -0.2) is 0 Å². The van der Waals surface area contributed by atoms with E-state index < -0.39 is 31.1 Å². The summed E-state index contributed by atoms with van der Waals surface area (Å²) in [5.74, 6) is -0.289. The summed E-state index contributed by atoms with van der Waals surface area (Å²) in [4.78, 5) is 26.7. The van der Waals surface area contributed by atoms with E-state index in [1.54, 1.807) is 13.8 Å². The first-order chi connectivity index (χ1) is 14.9. The van der Waals surface area contributed by atoms with Gasteiger partial charge in [-0.05, 0) is 62.7 Å². The lowest BCUT2D eigenvalue weighted by molar-refractivity contribution is -0.181. The summed E-state index contributed by atoms with van der Waals surface area (Å²) in [6, 6.07) is 0. The highest BCUT2D eigenvalue weighted by atomic mass is 28.4. The van der Waals surface area contributed by atoms with Crippen LogP contribution in [0.15, 0.2) is 24.0 Å². The average molecular weight is 465 g/mol. The van der Waals surface area contributed by atoms with Crippen LogP contribution in [0.3, 0.4) is 0 Å². The molecule has 2 rings (SSSR count). The van der Waals surface area contributed by atoms with Crippen molar-refractivity contribution in [3.8, 4) is 0 Å². The summed E-state index contributed by atoms with van der Waals surface area (Å²) in [7, 11) is -2.20. The van der Waals surface area contributed by atoms with Crippen LogP contribution in [-0.4, -0.2) is 33.5 Å². The Labute approximate surface area is 196 Å². The maximum absolute atomic E-state index is 13.3. The molecule has 0 aromatic heterocycles. The molecule has 5 nitrogen and oxygen atoms in total. The molecular formula is C26H44O5Si. The molecule has 32 heavy (non-hydrogen) atoms. The molecular weight excluding hydrogens is 420 g/mol. The maximum Gasteiger partial charge on any atom is 0.324 e. The smallest absolute Gasteiger partial charge is 0.324 e. The lowest BCUT2D eigenvalue weighted by atomic mass is 9.54. The first-order valence-electron chi connectivity index (χ1n) is 12.4. The summed E-state index contributed by atoms with van der Waals surface area (Å²) in [5.41, 5.74) is -0.609. The van der Waals surface area contributed by atoms with E-state index in [1.165, 1.54) is 0 Å². The molecule has 2 atom stereocenters. The van der Waals surface area contributed by atoms with Crippen molar-refractivity contribution in [1.82, 2.24) is 0 Å². The van der Waals surface area contributed by atoms with Crippen LogP contribution < -0.4 is 0 Å². The van der Waals surface area contributed by atoms with Gasteiger partial charge in [0.15, 0.2) is 5.41 Å². The van der Waals surface area contributed by atoms with Gasteiger partial charge in [-0.3, -0.25) is 9.59 Å². The standard InChI is InChI=1S/C26H44O5Si/c1-10-29-23(27)26(24(28)30-11-2)17-13-16-25(9)21(26)14-12-15-22(25)31-32(18(3)4,19(5)6)20(7)8/h13,15-16,18-21H,10-12,14,17H2,1-9H3/t21-,25-/m1/s1. The van der Waals surface area contributed by atoms with E-state index in [0.29, 0.717) is 29.5 Å². The topological polar surface area (TPSA) is 61.8 Å². The van der Waals surface area contributed by atoms with Gasteiger partial charge in [0.2, 0.25) is 0 Å². The number of carbonyl (C=O) groups is 2. The van der Waals surface area contributed by atoms with Crippen molar-refractivity contribution in [2.75, 3.05) is 13.2 Å². The highest BCUT2D eigenvalue weighted by Gasteiger charge is 2.63. The molecule has 0 spiro atoms. The van der Waals surface area contributed by atoms with Gasteiger partial charge in [-0.1, -0.05) is 53.7 Å². The molecule has 2 aliphatic carbocycles. The van der Waals surface area contributed by atoms with Crippen molar-refractivity contribution in [3.05, 3.63) is 24.0 Å². The summed E-state index contributed by atoms with van der Waals surface area (Å²) in [6.07, 6.45) is 8.09. The van der Waals surface area contributed by atoms with E-state index in [-0.39, 0.29) is 19.1 Å². The fourth-order valence-electron chi connectivity index (χ4n) is 6.41. The van der Waals surface area contributed by atoms with E-state index in [4.69, 9.17) is 13.9 Å². The fraction of sp³-hybridized carbons (Fsp3) is 0.769. The number of rotatable bonds is 9. The Balaban J connectivity index is 2.61. The van der Waals surface area contributed by atoms with E-state index in [9.17, 15) is 9.59 Å². The van der Waals surface area contributed by atoms with Crippen molar-refractivity contribution in [2.24, 2.45) is 16.7 Å². The molecule has 0 bridgehead atoms. The minimum atomic E-state index is -2.20. The Morgan fingerprint density at radius 3 is 1.94 bits per heavy atom. The molecule has 0 aromatic carbocycles. The Bertz CT molecular complexity index is 712. The van der Waals surface area contributed by atoms with Crippen LogP contribution in [0, 0.1) is 16.7 Å². The summed E-state index contributed by atoms with van der Waals surface area (Å²) >= 11 is 0. The molecule has 0 saturated heterocycles. The summed E-state index contributed by atoms with van der Waals surface area (Å²) in [5, 5.41) is 0. The Morgan fingerprint density at radius 1 is 1.00 bits per heavy atom. The second kappa shape index (κ2) is 10.1. The van der Waals surface area contributed by atoms with Crippen molar-refractivity contribution in [3.63, 3.8) is 0 Å². The zero-order chi connectivity index (χ0) is 24.3. The van der Waals surface area contributed by atoms with Crippen LogP contribution in [0.1, 0.15) is 81.6 Å². The van der Waals surface area contributed by atoms with Gasteiger partial charge >= 0.3 is 11.9 Å². The van der Waals surface area contributed by atoms with Crippen molar-refractivity contribution in [1.29, 1.82) is 0 Å². The molecule has 0 amide bonds. The molecule has 0 N–H and O–H groups in total. The number of allylic oxidation sites excluding steroid dienone is 3. The molecule has 0 fully saturated rings. The molecule has 0 aliphatic heterocycles. The van der Waals surface area contributed by atoms with Crippen LogP contribution in [-0.2, 0) is 23.5 Å². The first-order valence-corrected chi connectivity index (χ1v) is 14.5. The maximum atomic E-state index is 13.3. The van der Waals surface area contributed by atoms with Gasteiger partial charge in [-0.2, -0.15) is 0 Å². The third-order valence-electron chi connectivity index (χ3n) is 7.81. The van der Waals surface area contributed by atoms with E-state index in [2.05, 4.69) is 60.6 Å². The SMILES string of the molecule is CCOC(=O)C1(C(=O)OCC)CC=C[C@@]2(C)C(O[Si](C(C)C)(C(C)C)C(C)C)=CCC[C@@H]12. The zero-order valence-electron chi connectivity index (χ0n) is 21.6. The van der Waals surface area contributed by atoms with Crippen molar-refractivity contribution >= 4 is 20.3 Å². The first kappa shape index (κ1) is 26.7. The number of hydrogen-bond acceptors (Lipinski definition) is 5. The number of esters is 2. The molecule has 0 heterocycles. The third kappa shape index (κ3) is 4.19. The number of ether oxygens (including phenoxy) is 2. The molecule has 0 aromatic rings. The quantitative estimate of drug-likeness (QED) is 0.167. The van der Waals surface area contributed by atoms with Crippen LogP contribution in [0.25, 0.3) is 0 Å². The molecule has 0 saturated carbocycles. The van der Waals surface area contributed by atoms with E-state index in [0.717, 1.165) is 12.2 Å². The largest absolute Gasteiger partial charge is 0.545 e. The second-order valence-electron chi connectivity index (χ2n) is 10.4. The highest BCUT2D eigenvalue weighted by molar-refractivity contribution is 6.77. The van der Waals surface area contributed by atoms with Gasteiger partial charge in [0.25, 0.3) is 8.32 Å². The fourth-order valence-corrected chi connectivity index (χ4v) is 11.8. The van der Waals surface area contributed by atoms with E-state index in [1.807, 2.05) is 6.08 Å². The molecule has 182 valence electrons. The highest BCUT2D eigenvalue weighted by Crippen LogP contribution is 2.58. The predicted octanol–water partition coefficient (Wildman–Crippen LogP) is 6.55. The number of hydrogen-bond donors (Lipinski definition) is 0. The van der Waals surface area contributed by atoms with Crippen LogP contribution >= 0.6 is 0 Å². The normalized spacial score (nSPS) is 24.9. The number of fused-ring (bicyclic) bond motifs is 1. The molecule has 0 unspecified atom stereocenters. The second-order valence-corrected chi connectivity index (χ2v) is 15.8. The van der Waals surface area contributed by atoms with Crippen LogP contribution in [0.5, 0.6) is 0 Å². The summed E-state index contributed by atoms with van der Waals surface area (Å²) < 4.78 is 18.1. The van der Waals surface area contributed by atoms with Gasteiger partial charge in [0.05, 0.1) is 19.0 Å². The van der Waals surface area contributed by atoms with Crippen LogP contribution in [0.4, 0.5) is 0 Å². The predicted molar refractivity (Wildman–Crippen MR) is 131 cm³/mol. The minimum Gasteiger partial charge on any atom is -0.545 e. The van der Waals surface area contributed by atoms with Gasteiger partial charge in [0.1, 0.15) is 0 Å². The lowest BCUT2D eigenvalue weighted by Gasteiger charge is -2.53. The zero-order valence-corrected chi connectivity index (χ0v) is 22.6. The number of carbonyl (C=O) groups excluding carboxylic acids is 2. The third-order valence-corrected chi connectivity index (χ3v) is 13.8. The molecule has 0 radical (unpaired) electrons. The van der Waals surface area contributed by atoms with Crippen molar-refractivity contribution in [2.45, 2.75) is 98.2 Å². The van der Waals surface area contributed by atoms with Crippen LogP contribution in [0.2, 0.25) is 16.6 Å². The monoisotopic (exact) mass is 464 g/mol. The Kier molecular flexibility index (Phi) is 8.46. The van der Waals surface area contributed by atoms with Gasteiger partial charge in [-0.15, -0.1) is 0 Å². The summed E-state index contributed by atoms with van der Waals surface area (Å²) in [6.45, 7) is 19.8.